The zero-order chi connectivity index (χ0) is 14.2. The van der Waals surface area contributed by atoms with E-state index in [9.17, 15) is 0 Å². The molecule has 0 saturated heterocycles. The topological polar surface area (TPSA) is 25.2 Å². The van der Waals surface area contributed by atoms with Gasteiger partial charge in [0.2, 0.25) is 0 Å². The lowest BCUT2D eigenvalue weighted by Gasteiger charge is -2.05. The number of halogens is 1. The summed E-state index contributed by atoms with van der Waals surface area (Å²) < 4.78 is 7.01. The Bertz CT molecular complexity index is 925. The molecule has 0 aliphatic rings. The van der Waals surface area contributed by atoms with Crippen LogP contribution < -0.4 is 5.32 Å². The molecule has 0 radical (unpaired) electrons. The fraction of sp³-hybridized carbons (Fsp3) is 0.0588. The third-order valence-corrected chi connectivity index (χ3v) is 5.45. The van der Waals surface area contributed by atoms with Gasteiger partial charge in [0, 0.05) is 25.8 Å². The number of rotatable bonds is 3. The summed E-state index contributed by atoms with van der Waals surface area (Å²) in [5, 5.41) is 7.88. The molecular formula is C17H12BrNOS. The molecule has 0 unspecified atom stereocenters. The maximum atomic E-state index is 5.84. The number of para-hydroxylation sites is 1. The van der Waals surface area contributed by atoms with Crippen molar-refractivity contribution in [2.24, 2.45) is 0 Å². The van der Waals surface area contributed by atoms with Crippen molar-refractivity contribution in [1.29, 1.82) is 0 Å². The first-order valence-electron chi connectivity index (χ1n) is 6.68. The van der Waals surface area contributed by atoms with Gasteiger partial charge in [-0.15, -0.1) is 11.3 Å². The summed E-state index contributed by atoms with van der Waals surface area (Å²) in [5.74, 6) is 0. The summed E-state index contributed by atoms with van der Waals surface area (Å²) >= 11 is 5.31. The summed E-state index contributed by atoms with van der Waals surface area (Å²) in [6.45, 7) is 0.819. The molecule has 0 amide bonds. The van der Waals surface area contributed by atoms with Crippen molar-refractivity contribution < 1.29 is 4.42 Å². The molecule has 0 spiro atoms. The van der Waals surface area contributed by atoms with Gasteiger partial charge in [0.15, 0.2) is 0 Å². The van der Waals surface area contributed by atoms with Crippen molar-refractivity contribution in [1.82, 2.24) is 0 Å². The van der Waals surface area contributed by atoms with Crippen LogP contribution in [0.3, 0.4) is 0 Å². The molecule has 0 atom stereocenters. The number of nitrogens with one attached hydrogen (secondary N) is 1. The highest BCUT2D eigenvalue weighted by atomic mass is 79.9. The second kappa shape index (κ2) is 5.20. The van der Waals surface area contributed by atoms with Crippen molar-refractivity contribution in [3.05, 3.63) is 63.3 Å². The zero-order valence-corrected chi connectivity index (χ0v) is 13.5. The summed E-state index contributed by atoms with van der Waals surface area (Å²) in [5.41, 5.74) is 2.97. The molecule has 4 aromatic rings. The van der Waals surface area contributed by atoms with E-state index in [4.69, 9.17) is 4.42 Å². The number of anilines is 1. The van der Waals surface area contributed by atoms with Crippen LogP contribution >= 0.6 is 27.3 Å². The molecule has 2 aromatic carbocycles. The van der Waals surface area contributed by atoms with E-state index in [2.05, 4.69) is 50.9 Å². The first-order valence-corrected chi connectivity index (χ1v) is 8.35. The van der Waals surface area contributed by atoms with Gasteiger partial charge in [0.1, 0.15) is 11.2 Å². The van der Waals surface area contributed by atoms with Crippen LogP contribution in [-0.2, 0) is 6.54 Å². The quantitative estimate of drug-likeness (QED) is 0.484. The standard InChI is InChI=1S/C17H12BrNOS/c18-14-7-8-21-17(14)10-19-11-5-6-16-13(9-11)12-3-1-2-4-15(12)20-16/h1-9,19H,10H2. The van der Waals surface area contributed by atoms with Crippen molar-refractivity contribution in [3.63, 3.8) is 0 Å². The minimum absolute atomic E-state index is 0.819. The Hall–Kier alpha value is -1.78. The number of benzene rings is 2. The van der Waals surface area contributed by atoms with Gasteiger partial charge in [0.25, 0.3) is 0 Å². The van der Waals surface area contributed by atoms with Gasteiger partial charge >= 0.3 is 0 Å². The SMILES string of the molecule is Brc1ccsc1CNc1ccc2oc3ccccc3c2c1. The van der Waals surface area contributed by atoms with E-state index in [0.717, 1.165) is 38.6 Å². The maximum absolute atomic E-state index is 5.84. The minimum atomic E-state index is 0.819. The van der Waals surface area contributed by atoms with Crippen molar-refractivity contribution in [2.45, 2.75) is 6.54 Å². The fourth-order valence-electron chi connectivity index (χ4n) is 2.47. The lowest BCUT2D eigenvalue weighted by Crippen LogP contribution is -1.97. The smallest absolute Gasteiger partial charge is 0.135 e. The number of hydrogen-bond acceptors (Lipinski definition) is 3. The largest absolute Gasteiger partial charge is 0.456 e. The van der Waals surface area contributed by atoms with Crippen LogP contribution in [0.5, 0.6) is 0 Å². The summed E-state index contributed by atoms with van der Waals surface area (Å²) in [7, 11) is 0. The number of thiophene rings is 1. The molecule has 0 aliphatic carbocycles. The predicted octanol–water partition coefficient (Wildman–Crippen LogP) is 6.02. The van der Waals surface area contributed by atoms with E-state index >= 15 is 0 Å². The van der Waals surface area contributed by atoms with Gasteiger partial charge in [-0.3, -0.25) is 0 Å². The first kappa shape index (κ1) is 12.9. The maximum Gasteiger partial charge on any atom is 0.135 e. The molecule has 4 rings (SSSR count). The van der Waals surface area contributed by atoms with E-state index in [-0.39, 0.29) is 0 Å². The minimum Gasteiger partial charge on any atom is -0.456 e. The van der Waals surface area contributed by atoms with Crippen LogP contribution in [0.4, 0.5) is 5.69 Å². The molecule has 104 valence electrons. The molecule has 21 heavy (non-hydrogen) atoms. The summed E-state index contributed by atoms with van der Waals surface area (Å²) in [4.78, 5) is 1.30. The highest BCUT2D eigenvalue weighted by Gasteiger charge is 2.07. The normalized spacial score (nSPS) is 11.3. The highest BCUT2D eigenvalue weighted by molar-refractivity contribution is 9.10. The number of fused-ring (bicyclic) bond motifs is 3. The molecule has 0 bridgehead atoms. The lowest BCUT2D eigenvalue weighted by atomic mass is 10.1. The highest BCUT2D eigenvalue weighted by Crippen LogP contribution is 2.31. The molecule has 0 fully saturated rings. The Labute approximate surface area is 134 Å². The Morgan fingerprint density at radius 2 is 1.86 bits per heavy atom. The van der Waals surface area contributed by atoms with Crippen LogP contribution in [0.2, 0.25) is 0 Å². The predicted molar refractivity (Wildman–Crippen MR) is 93.1 cm³/mol. The second-order valence-electron chi connectivity index (χ2n) is 4.85. The Kier molecular flexibility index (Phi) is 3.20. The monoisotopic (exact) mass is 357 g/mol. The Morgan fingerprint density at radius 1 is 1.00 bits per heavy atom. The number of furan rings is 1. The zero-order valence-electron chi connectivity index (χ0n) is 11.1. The van der Waals surface area contributed by atoms with Gasteiger partial charge in [-0.05, 0) is 51.6 Å². The number of hydrogen-bond donors (Lipinski definition) is 1. The van der Waals surface area contributed by atoms with Gasteiger partial charge in [-0.1, -0.05) is 18.2 Å². The Morgan fingerprint density at radius 3 is 2.71 bits per heavy atom. The molecule has 2 nitrogen and oxygen atoms in total. The van der Waals surface area contributed by atoms with E-state index in [1.54, 1.807) is 11.3 Å². The average Bonchev–Trinajstić information content (AvgIpc) is 3.08. The molecule has 4 heteroatoms. The Balaban J connectivity index is 1.69. The van der Waals surface area contributed by atoms with Crippen LogP contribution in [-0.4, -0.2) is 0 Å². The second-order valence-corrected chi connectivity index (χ2v) is 6.71. The van der Waals surface area contributed by atoms with Crippen LogP contribution in [0, 0.1) is 0 Å². The van der Waals surface area contributed by atoms with E-state index < -0.39 is 0 Å². The fourth-order valence-corrected chi connectivity index (χ4v) is 3.90. The van der Waals surface area contributed by atoms with Gasteiger partial charge in [-0.25, -0.2) is 0 Å². The molecular weight excluding hydrogens is 346 g/mol. The van der Waals surface area contributed by atoms with E-state index in [1.807, 2.05) is 24.3 Å². The molecule has 2 aromatic heterocycles. The van der Waals surface area contributed by atoms with Crippen molar-refractivity contribution in [3.8, 4) is 0 Å². The summed E-state index contributed by atoms with van der Waals surface area (Å²) in [6, 6.07) is 16.5. The van der Waals surface area contributed by atoms with Crippen LogP contribution in [0.15, 0.2) is 62.8 Å². The molecule has 1 N–H and O–H groups in total. The van der Waals surface area contributed by atoms with Gasteiger partial charge < -0.3 is 9.73 Å². The summed E-state index contributed by atoms with van der Waals surface area (Å²) in [6.07, 6.45) is 0. The molecule has 0 saturated carbocycles. The third-order valence-electron chi connectivity index (χ3n) is 3.52. The van der Waals surface area contributed by atoms with Crippen LogP contribution in [0.25, 0.3) is 21.9 Å². The van der Waals surface area contributed by atoms with Crippen molar-refractivity contribution >= 4 is 54.9 Å². The average molecular weight is 358 g/mol. The first-order chi connectivity index (χ1) is 10.3. The van der Waals surface area contributed by atoms with Gasteiger partial charge in [0.05, 0.1) is 6.54 Å². The van der Waals surface area contributed by atoms with E-state index in [1.165, 1.54) is 4.88 Å². The lowest BCUT2D eigenvalue weighted by molar-refractivity contribution is 0.669. The van der Waals surface area contributed by atoms with Gasteiger partial charge in [-0.2, -0.15) is 0 Å². The van der Waals surface area contributed by atoms with E-state index in [0.29, 0.717) is 0 Å². The molecule has 2 heterocycles. The third kappa shape index (κ3) is 2.34. The molecule has 0 aliphatic heterocycles. The van der Waals surface area contributed by atoms with Crippen molar-refractivity contribution in [2.75, 3.05) is 5.32 Å². The van der Waals surface area contributed by atoms with Crippen LogP contribution in [0.1, 0.15) is 4.88 Å².